The van der Waals surface area contributed by atoms with Gasteiger partial charge in [0.15, 0.2) is 10.8 Å². The van der Waals surface area contributed by atoms with Crippen LogP contribution in [0.4, 0.5) is 0 Å². The van der Waals surface area contributed by atoms with E-state index in [2.05, 4.69) is 57.5 Å². The number of amides is 1. The van der Waals surface area contributed by atoms with Gasteiger partial charge in [0.1, 0.15) is 11.2 Å². The summed E-state index contributed by atoms with van der Waals surface area (Å²) in [6.07, 6.45) is 1.42. The molecular formula is C17H19N5OS. The van der Waals surface area contributed by atoms with E-state index < -0.39 is 0 Å². The van der Waals surface area contributed by atoms with Crippen LogP contribution in [0.5, 0.6) is 0 Å². The Labute approximate surface area is 144 Å². The van der Waals surface area contributed by atoms with Crippen molar-refractivity contribution in [1.29, 1.82) is 0 Å². The van der Waals surface area contributed by atoms with Crippen LogP contribution in [0.15, 0.2) is 24.5 Å². The van der Waals surface area contributed by atoms with Crippen LogP contribution < -0.4 is 5.32 Å². The summed E-state index contributed by atoms with van der Waals surface area (Å²) in [5.41, 5.74) is 4.16. The zero-order valence-corrected chi connectivity index (χ0v) is 14.9. The maximum Gasteiger partial charge on any atom is 0.263 e. The molecule has 2 heterocycles. The van der Waals surface area contributed by atoms with Gasteiger partial charge in [0.2, 0.25) is 0 Å². The van der Waals surface area contributed by atoms with Crippen molar-refractivity contribution in [2.45, 2.75) is 33.7 Å². The molecule has 0 fully saturated rings. The molecule has 1 amide bonds. The van der Waals surface area contributed by atoms with Crippen LogP contribution in [0.1, 0.15) is 45.0 Å². The number of carbonyl (C=O) groups excluding carboxylic acids is 1. The van der Waals surface area contributed by atoms with Gasteiger partial charge in [-0.15, -0.1) is 11.3 Å². The second-order valence-corrected chi connectivity index (χ2v) is 6.82. The first-order chi connectivity index (χ1) is 11.5. The summed E-state index contributed by atoms with van der Waals surface area (Å²) in [6, 6.07) is 6.19. The third-order valence-electron chi connectivity index (χ3n) is 3.87. The Kier molecular flexibility index (Phi) is 4.44. The highest BCUT2D eigenvalue weighted by Gasteiger charge is 2.20. The normalized spacial score (nSPS) is 12.2. The van der Waals surface area contributed by atoms with E-state index in [0.717, 1.165) is 11.1 Å². The minimum Gasteiger partial charge on any atom is -0.345 e. The quantitative estimate of drug-likeness (QED) is 0.762. The highest BCUT2D eigenvalue weighted by molar-refractivity contribution is 7.17. The second kappa shape index (κ2) is 6.52. The van der Waals surface area contributed by atoms with E-state index in [1.807, 2.05) is 13.8 Å². The lowest BCUT2D eigenvalue weighted by atomic mass is 10.00. The van der Waals surface area contributed by atoms with Crippen LogP contribution in [-0.4, -0.2) is 26.1 Å². The molecule has 7 heteroatoms. The van der Waals surface area contributed by atoms with E-state index in [-0.39, 0.29) is 11.9 Å². The van der Waals surface area contributed by atoms with Crippen molar-refractivity contribution in [2.75, 3.05) is 0 Å². The molecule has 3 rings (SSSR count). The van der Waals surface area contributed by atoms with Crippen LogP contribution in [0, 0.1) is 20.8 Å². The standard InChI is InChI=1S/C17H19N5OS/c1-9-5-6-10(2)13(7-9)11(3)20-16(23)14-12(4)21-17(24-14)15-18-8-19-22-15/h5-8,11H,1-4H3,(H,20,23)(H,18,19,22)/t11-/m1/s1. The Morgan fingerprint density at radius 2 is 2.08 bits per heavy atom. The van der Waals surface area contributed by atoms with Gasteiger partial charge in [-0.05, 0) is 38.8 Å². The number of hydrogen-bond acceptors (Lipinski definition) is 5. The van der Waals surface area contributed by atoms with Crippen LogP contribution in [0.25, 0.3) is 10.8 Å². The number of rotatable bonds is 4. The van der Waals surface area contributed by atoms with Gasteiger partial charge in [0.25, 0.3) is 5.91 Å². The van der Waals surface area contributed by atoms with Crippen molar-refractivity contribution >= 4 is 17.2 Å². The molecular weight excluding hydrogens is 322 g/mol. The average molecular weight is 341 g/mol. The van der Waals surface area contributed by atoms with Crippen molar-refractivity contribution < 1.29 is 4.79 Å². The van der Waals surface area contributed by atoms with Crippen molar-refractivity contribution in [3.63, 3.8) is 0 Å². The lowest BCUT2D eigenvalue weighted by molar-refractivity contribution is 0.0943. The fraction of sp³-hybridized carbons (Fsp3) is 0.294. The van der Waals surface area contributed by atoms with Gasteiger partial charge in [0, 0.05) is 0 Å². The molecule has 0 aliphatic heterocycles. The van der Waals surface area contributed by atoms with Crippen molar-refractivity contribution in [1.82, 2.24) is 25.5 Å². The number of hydrogen-bond donors (Lipinski definition) is 2. The molecule has 0 radical (unpaired) electrons. The highest BCUT2D eigenvalue weighted by Crippen LogP contribution is 2.26. The Morgan fingerprint density at radius 1 is 1.29 bits per heavy atom. The molecule has 24 heavy (non-hydrogen) atoms. The van der Waals surface area contributed by atoms with E-state index in [9.17, 15) is 4.79 Å². The maximum absolute atomic E-state index is 12.6. The molecule has 0 aliphatic carbocycles. The molecule has 2 N–H and O–H groups in total. The van der Waals surface area contributed by atoms with E-state index in [1.165, 1.54) is 23.2 Å². The molecule has 1 atom stereocenters. The molecule has 0 saturated heterocycles. The molecule has 2 aromatic heterocycles. The van der Waals surface area contributed by atoms with Crippen molar-refractivity contribution in [3.8, 4) is 10.8 Å². The van der Waals surface area contributed by atoms with Crippen LogP contribution >= 0.6 is 11.3 Å². The van der Waals surface area contributed by atoms with Gasteiger partial charge >= 0.3 is 0 Å². The summed E-state index contributed by atoms with van der Waals surface area (Å²) in [4.78, 5) is 21.7. The van der Waals surface area contributed by atoms with Gasteiger partial charge in [-0.25, -0.2) is 9.97 Å². The van der Waals surface area contributed by atoms with Crippen LogP contribution in [0.2, 0.25) is 0 Å². The van der Waals surface area contributed by atoms with Gasteiger partial charge in [-0.2, -0.15) is 5.10 Å². The number of carbonyl (C=O) groups is 1. The molecule has 0 saturated carbocycles. The lowest BCUT2D eigenvalue weighted by Crippen LogP contribution is -2.27. The Hall–Kier alpha value is -2.54. The molecule has 0 unspecified atom stereocenters. The van der Waals surface area contributed by atoms with Gasteiger partial charge in [-0.1, -0.05) is 23.8 Å². The number of aromatic nitrogens is 4. The lowest BCUT2D eigenvalue weighted by Gasteiger charge is -2.17. The molecule has 1 aromatic carbocycles. The SMILES string of the molecule is Cc1ccc(C)c([C@@H](C)NC(=O)c2sc(-c3ncn[nH]3)nc2C)c1. The second-order valence-electron chi connectivity index (χ2n) is 5.82. The number of aromatic amines is 1. The fourth-order valence-corrected chi connectivity index (χ4v) is 3.50. The molecule has 0 spiro atoms. The smallest absolute Gasteiger partial charge is 0.263 e. The average Bonchev–Trinajstić information content (AvgIpc) is 3.18. The molecule has 0 aliphatic rings. The Bertz CT molecular complexity index is 869. The van der Waals surface area contributed by atoms with E-state index in [0.29, 0.717) is 21.4 Å². The summed E-state index contributed by atoms with van der Waals surface area (Å²) < 4.78 is 0. The topological polar surface area (TPSA) is 83.6 Å². The molecule has 6 nitrogen and oxygen atoms in total. The first-order valence-corrected chi connectivity index (χ1v) is 8.48. The van der Waals surface area contributed by atoms with Gasteiger partial charge < -0.3 is 5.32 Å². The molecule has 0 bridgehead atoms. The minimum absolute atomic E-state index is 0.0763. The predicted octanol–water partition coefficient (Wildman–Crippen LogP) is 3.34. The van der Waals surface area contributed by atoms with E-state index in [1.54, 1.807) is 0 Å². The third kappa shape index (κ3) is 3.21. The predicted molar refractivity (Wildman–Crippen MR) is 94.0 cm³/mol. The van der Waals surface area contributed by atoms with Crippen LogP contribution in [0.3, 0.4) is 0 Å². The first-order valence-electron chi connectivity index (χ1n) is 7.67. The molecule has 3 aromatic rings. The van der Waals surface area contributed by atoms with Crippen molar-refractivity contribution in [2.24, 2.45) is 0 Å². The van der Waals surface area contributed by atoms with E-state index in [4.69, 9.17) is 0 Å². The summed E-state index contributed by atoms with van der Waals surface area (Å²) >= 11 is 1.31. The Balaban J connectivity index is 1.81. The third-order valence-corrected chi connectivity index (χ3v) is 5.03. The monoisotopic (exact) mass is 341 g/mol. The zero-order chi connectivity index (χ0) is 17.3. The number of nitrogens with zero attached hydrogens (tertiary/aromatic N) is 3. The fourth-order valence-electron chi connectivity index (χ4n) is 2.58. The first kappa shape index (κ1) is 16.3. The molecule has 124 valence electrons. The van der Waals surface area contributed by atoms with Gasteiger partial charge in [-0.3, -0.25) is 9.89 Å². The van der Waals surface area contributed by atoms with Gasteiger partial charge in [0.05, 0.1) is 11.7 Å². The maximum atomic E-state index is 12.6. The summed E-state index contributed by atoms with van der Waals surface area (Å²) in [6.45, 7) is 7.92. The number of H-pyrrole nitrogens is 1. The number of aryl methyl sites for hydroxylation is 3. The Morgan fingerprint density at radius 3 is 2.79 bits per heavy atom. The van der Waals surface area contributed by atoms with E-state index >= 15 is 0 Å². The largest absolute Gasteiger partial charge is 0.345 e. The number of nitrogens with one attached hydrogen (secondary N) is 2. The summed E-state index contributed by atoms with van der Waals surface area (Å²) in [7, 11) is 0. The number of benzene rings is 1. The minimum atomic E-state index is -0.121. The van der Waals surface area contributed by atoms with Crippen molar-refractivity contribution in [3.05, 3.63) is 51.8 Å². The summed E-state index contributed by atoms with van der Waals surface area (Å²) in [5.74, 6) is 0.453. The number of thiazole rings is 1. The summed E-state index contributed by atoms with van der Waals surface area (Å²) in [5, 5.41) is 10.3. The van der Waals surface area contributed by atoms with Crippen LogP contribution in [-0.2, 0) is 0 Å². The highest BCUT2D eigenvalue weighted by atomic mass is 32.1. The zero-order valence-electron chi connectivity index (χ0n) is 14.0.